The minimum atomic E-state index is 0.358. The van der Waals surface area contributed by atoms with Gasteiger partial charge in [-0.1, -0.05) is 0 Å². The van der Waals surface area contributed by atoms with Crippen LogP contribution in [0.4, 0.5) is 17.5 Å². The SMILES string of the molecule is Nc1ncc(-c2cnn(C3CCNCC3)c2)cc1-c1nc2ccc(Nc3ncccn3)cc2o1. The molecule has 5 heterocycles. The smallest absolute Gasteiger partial charge is 0.231 e. The Bertz CT molecular complexity index is 1440. The number of nitrogens with two attached hydrogens (primary N) is 1. The van der Waals surface area contributed by atoms with E-state index in [1.165, 1.54) is 0 Å². The predicted octanol–water partition coefficient (Wildman–Crippen LogP) is 3.79. The summed E-state index contributed by atoms with van der Waals surface area (Å²) in [7, 11) is 0. The van der Waals surface area contributed by atoms with Gasteiger partial charge in [0.2, 0.25) is 11.8 Å². The van der Waals surface area contributed by atoms with Crippen LogP contribution in [0.2, 0.25) is 0 Å². The van der Waals surface area contributed by atoms with E-state index >= 15 is 0 Å². The maximum atomic E-state index is 6.21. The number of anilines is 3. The number of fused-ring (bicyclic) bond motifs is 1. The molecule has 0 amide bonds. The molecule has 4 N–H and O–H groups in total. The van der Waals surface area contributed by atoms with E-state index in [1.807, 2.05) is 30.5 Å². The van der Waals surface area contributed by atoms with Crippen LogP contribution in [0.5, 0.6) is 0 Å². The van der Waals surface area contributed by atoms with E-state index in [4.69, 9.17) is 10.2 Å². The summed E-state index contributed by atoms with van der Waals surface area (Å²) in [6, 6.07) is 9.77. The van der Waals surface area contributed by atoms with Gasteiger partial charge in [0.1, 0.15) is 11.3 Å². The molecule has 34 heavy (non-hydrogen) atoms. The van der Waals surface area contributed by atoms with Crippen molar-refractivity contribution in [3.05, 3.63) is 61.3 Å². The third kappa shape index (κ3) is 3.95. The molecule has 0 atom stereocenters. The highest BCUT2D eigenvalue weighted by Crippen LogP contribution is 2.32. The van der Waals surface area contributed by atoms with Crippen molar-refractivity contribution in [3.8, 4) is 22.6 Å². The van der Waals surface area contributed by atoms with Crippen molar-refractivity contribution >= 4 is 28.6 Å². The second-order valence-corrected chi connectivity index (χ2v) is 8.25. The first-order valence-electron chi connectivity index (χ1n) is 11.2. The van der Waals surface area contributed by atoms with Crippen LogP contribution >= 0.6 is 0 Å². The summed E-state index contributed by atoms with van der Waals surface area (Å²) in [5, 5.41) is 11.1. The average molecular weight is 454 g/mol. The Kier molecular flexibility index (Phi) is 5.11. The number of piperidine rings is 1. The maximum absolute atomic E-state index is 6.21. The van der Waals surface area contributed by atoms with Crippen molar-refractivity contribution in [2.24, 2.45) is 0 Å². The van der Waals surface area contributed by atoms with Crippen LogP contribution < -0.4 is 16.4 Å². The van der Waals surface area contributed by atoms with Crippen LogP contribution in [0.15, 0.2) is 65.7 Å². The first kappa shape index (κ1) is 20.3. The molecule has 0 aliphatic carbocycles. The molecule has 6 rings (SSSR count). The van der Waals surface area contributed by atoms with Gasteiger partial charge < -0.3 is 20.8 Å². The van der Waals surface area contributed by atoms with Crippen LogP contribution in [0.25, 0.3) is 33.7 Å². The van der Waals surface area contributed by atoms with E-state index in [0.29, 0.717) is 34.8 Å². The molecular formula is C24H23N9O. The van der Waals surface area contributed by atoms with Gasteiger partial charge in [0.05, 0.1) is 17.8 Å². The first-order valence-corrected chi connectivity index (χ1v) is 11.2. The summed E-state index contributed by atoms with van der Waals surface area (Å²) in [6.07, 6.45) is 11.2. The minimum Gasteiger partial charge on any atom is -0.436 e. The number of aromatic nitrogens is 6. The number of pyridine rings is 1. The zero-order valence-corrected chi connectivity index (χ0v) is 18.3. The molecule has 0 radical (unpaired) electrons. The van der Waals surface area contributed by atoms with Crippen LogP contribution in [0, 0.1) is 0 Å². The van der Waals surface area contributed by atoms with Gasteiger partial charge in [-0.2, -0.15) is 5.10 Å². The second-order valence-electron chi connectivity index (χ2n) is 8.25. The highest BCUT2D eigenvalue weighted by atomic mass is 16.3. The van der Waals surface area contributed by atoms with Crippen LogP contribution in [0.3, 0.4) is 0 Å². The lowest BCUT2D eigenvalue weighted by atomic mass is 10.1. The molecule has 1 aliphatic heterocycles. The quantitative estimate of drug-likeness (QED) is 0.363. The highest BCUT2D eigenvalue weighted by molar-refractivity contribution is 5.83. The fraction of sp³-hybridized carbons (Fsp3) is 0.208. The van der Waals surface area contributed by atoms with Gasteiger partial charge in [0.25, 0.3) is 0 Å². The summed E-state index contributed by atoms with van der Waals surface area (Å²) in [6.45, 7) is 2.03. The summed E-state index contributed by atoms with van der Waals surface area (Å²) in [5.74, 6) is 1.28. The molecule has 0 saturated carbocycles. The normalized spacial score (nSPS) is 14.5. The van der Waals surface area contributed by atoms with Crippen molar-refractivity contribution < 1.29 is 4.42 Å². The van der Waals surface area contributed by atoms with Crippen LogP contribution in [-0.2, 0) is 0 Å². The van der Waals surface area contributed by atoms with Crippen molar-refractivity contribution in [1.82, 2.24) is 35.0 Å². The number of nitrogens with one attached hydrogen (secondary N) is 2. The molecule has 5 aromatic rings. The fourth-order valence-corrected chi connectivity index (χ4v) is 4.17. The van der Waals surface area contributed by atoms with Crippen LogP contribution in [0.1, 0.15) is 18.9 Å². The van der Waals surface area contributed by atoms with Gasteiger partial charge >= 0.3 is 0 Å². The Balaban J connectivity index is 1.30. The number of hydrogen-bond acceptors (Lipinski definition) is 9. The Morgan fingerprint density at radius 2 is 1.88 bits per heavy atom. The molecular weight excluding hydrogens is 430 g/mol. The zero-order chi connectivity index (χ0) is 22.9. The van der Waals surface area contributed by atoms with Gasteiger partial charge in [-0.05, 0) is 50.2 Å². The summed E-state index contributed by atoms with van der Waals surface area (Å²) < 4.78 is 8.12. The molecule has 1 aromatic carbocycles. The molecule has 170 valence electrons. The molecule has 10 heteroatoms. The van der Waals surface area contributed by atoms with Crippen molar-refractivity contribution in [2.75, 3.05) is 24.1 Å². The number of oxazole rings is 1. The predicted molar refractivity (Wildman–Crippen MR) is 129 cm³/mol. The third-order valence-corrected chi connectivity index (χ3v) is 5.98. The third-order valence-electron chi connectivity index (χ3n) is 5.98. The van der Waals surface area contributed by atoms with Gasteiger partial charge in [0, 0.05) is 47.7 Å². The largest absolute Gasteiger partial charge is 0.436 e. The van der Waals surface area contributed by atoms with Crippen molar-refractivity contribution in [2.45, 2.75) is 18.9 Å². The van der Waals surface area contributed by atoms with E-state index in [2.05, 4.69) is 46.5 Å². The number of hydrogen-bond donors (Lipinski definition) is 3. The van der Waals surface area contributed by atoms with Gasteiger partial charge in [0.15, 0.2) is 5.58 Å². The zero-order valence-electron chi connectivity index (χ0n) is 18.3. The van der Waals surface area contributed by atoms with Gasteiger partial charge in [-0.25, -0.2) is 19.9 Å². The number of rotatable bonds is 5. The van der Waals surface area contributed by atoms with Crippen molar-refractivity contribution in [1.29, 1.82) is 0 Å². The summed E-state index contributed by atoms with van der Waals surface area (Å²) in [5.41, 5.74) is 10.9. The molecule has 1 saturated heterocycles. The van der Waals surface area contributed by atoms with Gasteiger partial charge in [-0.3, -0.25) is 4.68 Å². The monoisotopic (exact) mass is 453 g/mol. The maximum Gasteiger partial charge on any atom is 0.231 e. The standard InChI is InChI=1S/C24H23N9O/c25-22-19(10-15(12-29-22)16-13-30-33(14-16)18-4-8-26-9-5-18)23-32-20-3-2-17(11-21(20)34-23)31-24-27-6-1-7-28-24/h1-3,6-7,10-14,18,26H,4-5,8-9H2,(H2,25,29)(H,27,28,31). The highest BCUT2D eigenvalue weighted by Gasteiger charge is 2.18. The minimum absolute atomic E-state index is 0.358. The molecule has 4 aromatic heterocycles. The lowest BCUT2D eigenvalue weighted by Gasteiger charge is -2.22. The van der Waals surface area contributed by atoms with E-state index in [9.17, 15) is 0 Å². The lowest BCUT2D eigenvalue weighted by molar-refractivity contribution is 0.343. The molecule has 10 nitrogen and oxygen atoms in total. The molecule has 1 fully saturated rings. The van der Waals surface area contributed by atoms with Crippen molar-refractivity contribution in [3.63, 3.8) is 0 Å². The Morgan fingerprint density at radius 1 is 1.03 bits per heavy atom. The molecule has 0 bridgehead atoms. The number of nitrogens with zero attached hydrogens (tertiary/aromatic N) is 6. The van der Waals surface area contributed by atoms with E-state index in [1.54, 1.807) is 24.7 Å². The lowest BCUT2D eigenvalue weighted by Crippen LogP contribution is -2.29. The summed E-state index contributed by atoms with van der Waals surface area (Å²) >= 11 is 0. The average Bonchev–Trinajstić information content (AvgIpc) is 3.53. The number of benzene rings is 1. The topological polar surface area (TPSA) is 133 Å². The van der Waals surface area contributed by atoms with Crippen LogP contribution in [-0.4, -0.2) is 42.8 Å². The second kappa shape index (κ2) is 8.56. The first-order chi connectivity index (χ1) is 16.7. The Morgan fingerprint density at radius 3 is 2.74 bits per heavy atom. The molecule has 0 unspecified atom stereocenters. The molecule has 0 spiro atoms. The van der Waals surface area contributed by atoms with E-state index < -0.39 is 0 Å². The summed E-state index contributed by atoms with van der Waals surface area (Å²) in [4.78, 5) is 17.4. The Hall–Kier alpha value is -4.31. The Labute approximate surface area is 195 Å². The van der Waals surface area contributed by atoms with E-state index in [0.717, 1.165) is 48.3 Å². The van der Waals surface area contributed by atoms with Gasteiger partial charge in [-0.15, -0.1) is 0 Å². The fourth-order valence-electron chi connectivity index (χ4n) is 4.17. The number of nitrogen functional groups attached to an aromatic ring is 1. The molecule has 1 aliphatic rings. The van der Waals surface area contributed by atoms with E-state index in [-0.39, 0.29) is 0 Å².